The molecule has 1 aliphatic carbocycles. The van der Waals surface area contributed by atoms with Crippen molar-refractivity contribution in [3.05, 3.63) is 0 Å². The van der Waals surface area contributed by atoms with E-state index in [1.807, 2.05) is 0 Å². The third-order valence-corrected chi connectivity index (χ3v) is 2.96. The van der Waals surface area contributed by atoms with Gasteiger partial charge in [0, 0.05) is 19.8 Å². The van der Waals surface area contributed by atoms with Crippen LogP contribution in [0.5, 0.6) is 0 Å². The molecule has 0 aromatic carbocycles. The monoisotopic (exact) mass is 202 g/mol. The lowest BCUT2D eigenvalue weighted by Gasteiger charge is -2.27. The first-order valence-electron chi connectivity index (χ1n) is 5.70. The molecule has 0 atom stereocenters. The molecule has 0 unspecified atom stereocenters. The van der Waals surface area contributed by atoms with Gasteiger partial charge < -0.3 is 14.9 Å². The van der Waals surface area contributed by atoms with Crippen LogP contribution in [0.3, 0.4) is 0 Å². The van der Waals surface area contributed by atoms with Crippen LogP contribution in [-0.4, -0.2) is 36.1 Å². The molecule has 1 aliphatic rings. The summed E-state index contributed by atoms with van der Waals surface area (Å²) in [6, 6.07) is 0. The molecule has 3 heteroatoms. The van der Waals surface area contributed by atoms with Crippen molar-refractivity contribution in [2.45, 2.75) is 44.6 Å². The summed E-state index contributed by atoms with van der Waals surface area (Å²) in [5, 5.41) is 17.5. The molecular weight excluding hydrogens is 180 g/mol. The Balaban J connectivity index is 1.98. The van der Waals surface area contributed by atoms with Crippen LogP contribution in [0.15, 0.2) is 0 Å². The second-order valence-electron chi connectivity index (χ2n) is 4.13. The number of aliphatic hydroxyl groups excluding tert-OH is 2. The van der Waals surface area contributed by atoms with Crippen molar-refractivity contribution in [1.29, 1.82) is 0 Å². The summed E-state index contributed by atoms with van der Waals surface area (Å²) in [4.78, 5) is 0. The maximum absolute atomic E-state index is 8.95. The van der Waals surface area contributed by atoms with E-state index in [1.54, 1.807) is 0 Å². The number of rotatable bonds is 6. The third kappa shape index (κ3) is 4.40. The Kier molecular flexibility index (Phi) is 6.15. The average Bonchev–Trinajstić information content (AvgIpc) is 2.25. The number of hydrogen-bond acceptors (Lipinski definition) is 3. The van der Waals surface area contributed by atoms with Crippen LogP contribution in [-0.2, 0) is 4.74 Å². The zero-order valence-electron chi connectivity index (χ0n) is 8.82. The summed E-state index contributed by atoms with van der Waals surface area (Å²) in [6.07, 6.45) is 6.57. The van der Waals surface area contributed by atoms with Gasteiger partial charge in [-0.05, 0) is 44.4 Å². The molecule has 0 radical (unpaired) electrons. The van der Waals surface area contributed by atoms with Crippen LogP contribution in [0, 0.1) is 5.92 Å². The maximum atomic E-state index is 8.95. The maximum Gasteiger partial charge on any atom is 0.0575 e. The number of unbranched alkanes of at least 4 members (excludes halogenated alkanes) is 1. The zero-order chi connectivity index (χ0) is 10.2. The summed E-state index contributed by atoms with van der Waals surface area (Å²) >= 11 is 0. The fourth-order valence-corrected chi connectivity index (χ4v) is 1.94. The van der Waals surface area contributed by atoms with Crippen LogP contribution in [0.1, 0.15) is 38.5 Å². The van der Waals surface area contributed by atoms with Crippen LogP contribution < -0.4 is 0 Å². The smallest absolute Gasteiger partial charge is 0.0575 e. The second kappa shape index (κ2) is 7.21. The lowest BCUT2D eigenvalue weighted by atomic mass is 9.88. The van der Waals surface area contributed by atoms with Crippen molar-refractivity contribution < 1.29 is 14.9 Å². The van der Waals surface area contributed by atoms with Gasteiger partial charge in [-0.15, -0.1) is 0 Å². The van der Waals surface area contributed by atoms with Gasteiger partial charge in [-0.25, -0.2) is 0 Å². The van der Waals surface area contributed by atoms with Crippen LogP contribution >= 0.6 is 0 Å². The number of ether oxygens (including phenoxy) is 1. The molecule has 14 heavy (non-hydrogen) atoms. The van der Waals surface area contributed by atoms with Crippen LogP contribution in [0.2, 0.25) is 0 Å². The van der Waals surface area contributed by atoms with Crippen molar-refractivity contribution in [3.8, 4) is 0 Å². The predicted molar refractivity (Wildman–Crippen MR) is 55.1 cm³/mol. The number of aliphatic hydroxyl groups is 2. The second-order valence-corrected chi connectivity index (χ2v) is 4.13. The fourth-order valence-electron chi connectivity index (χ4n) is 1.94. The van der Waals surface area contributed by atoms with Gasteiger partial charge in [-0.1, -0.05) is 0 Å². The van der Waals surface area contributed by atoms with Crippen molar-refractivity contribution in [2.75, 3.05) is 19.8 Å². The molecule has 0 bridgehead atoms. The molecule has 0 aromatic heterocycles. The predicted octanol–water partition coefficient (Wildman–Crippen LogP) is 1.33. The first-order chi connectivity index (χ1) is 6.86. The topological polar surface area (TPSA) is 49.7 Å². The number of hydrogen-bond donors (Lipinski definition) is 2. The van der Waals surface area contributed by atoms with E-state index >= 15 is 0 Å². The van der Waals surface area contributed by atoms with Gasteiger partial charge in [0.2, 0.25) is 0 Å². The van der Waals surface area contributed by atoms with Crippen molar-refractivity contribution in [3.63, 3.8) is 0 Å². The third-order valence-electron chi connectivity index (χ3n) is 2.96. The Morgan fingerprint density at radius 1 is 1.00 bits per heavy atom. The molecule has 3 nitrogen and oxygen atoms in total. The Labute approximate surface area is 86.1 Å². The molecular formula is C11H22O3. The molecule has 2 N–H and O–H groups in total. The molecule has 1 rings (SSSR count). The van der Waals surface area contributed by atoms with E-state index in [-0.39, 0.29) is 6.61 Å². The Morgan fingerprint density at radius 2 is 1.71 bits per heavy atom. The molecule has 84 valence electrons. The standard InChI is InChI=1S/C11H22O3/c12-7-1-2-8-14-11-5-3-10(9-13)4-6-11/h10-13H,1-9H2. The largest absolute Gasteiger partial charge is 0.396 e. The SMILES string of the molecule is OCCCCOC1CCC(CO)CC1. The van der Waals surface area contributed by atoms with E-state index in [2.05, 4.69) is 0 Å². The zero-order valence-corrected chi connectivity index (χ0v) is 8.82. The van der Waals surface area contributed by atoms with E-state index in [0.29, 0.717) is 18.6 Å². The Hall–Kier alpha value is -0.120. The normalized spacial score (nSPS) is 27.9. The van der Waals surface area contributed by atoms with Crippen molar-refractivity contribution in [2.24, 2.45) is 5.92 Å². The van der Waals surface area contributed by atoms with Crippen molar-refractivity contribution in [1.82, 2.24) is 0 Å². The van der Waals surface area contributed by atoms with Gasteiger partial charge in [0.25, 0.3) is 0 Å². The summed E-state index contributed by atoms with van der Waals surface area (Å²) in [7, 11) is 0. The molecule has 0 spiro atoms. The summed E-state index contributed by atoms with van der Waals surface area (Å²) in [5.41, 5.74) is 0. The first-order valence-corrected chi connectivity index (χ1v) is 5.70. The average molecular weight is 202 g/mol. The van der Waals surface area contributed by atoms with Crippen LogP contribution in [0.25, 0.3) is 0 Å². The fraction of sp³-hybridized carbons (Fsp3) is 1.00. The van der Waals surface area contributed by atoms with Crippen LogP contribution in [0.4, 0.5) is 0 Å². The Morgan fingerprint density at radius 3 is 2.29 bits per heavy atom. The van der Waals surface area contributed by atoms with Gasteiger partial charge in [0.1, 0.15) is 0 Å². The lowest BCUT2D eigenvalue weighted by molar-refractivity contribution is 0.00862. The first kappa shape index (κ1) is 12.0. The highest BCUT2D eigenvalue weighted by molar-refractivity contribution is 4.72. The highest BCUT2D eigenvalue weighted by Crippen LogP contribution is 2.25. The quantitative estimate of drug-likeness (QED) is 0.639. The van der Waals surface area contributed by atoms with Gasteiger partial charge in [-0.2, -0.15) is 0 Å². The molecule has 0 amide bonds. The molecule has 0 saturated heterocycles. The summed E-state index contributed by atoms with van der Waals surface area (Å²) in [5.74, 6) is 0.507. The van der Waals surface area contributed by atoms with E-state index in [0.717, 1.165) is 45.1 Å². The summed E-state index contributed by atoms with van der Waals surface area (Å²) in [6.45, 7) is 1.37. The van der Waals surface area contributed by atoms with Crippen molar-refractivity contribution >= 4 is 0 Å². The lowest BCUT2D eigenvalue weighted by Crippen LogP contribution is -2.23. The minimum absolute atomic E-state index is 0.264. The van der Waals surface area contributed by atoms with Gasteiger partial charge in [0.05, 0.1) is 6.10 Å². The van der Waals surface area contributed by atoms with Gasteiger partial charge in [-0.3, -0.25) is 0 Å². The van der Waals surface area contributed by atoms with E-state index in [9.17, 15) is 0 Å². The molecule has 1 fully saturated rings. The van der Waals surface area contributed by atoms with E-state index in [4.69, 9.17) is 14.9 Å². The van der Waals surface area contributed by atoms with E-state index in [1.165, 1.54) is 0 Å². The molecule has 0 aliphatic heterocycles. The molecule has 1 saturated carbocycles. The minimum Gasteiger partial charge on any atom is -0.396 e. The summed E-state index contributed by atoms with van der Waals surface area (Å²) < 4.78 is 5.69. The van der Waals surface area contributed by atoms with Gasteiger partial charge in [0.15, 0.2) is 0 Å². The van der Waals surface area contributed by atoms with Gasteiger partial charge >= 0.3 is 0 Å². The molecule has 0 heterocycles. The highest BCUT2D eigenvalue weighted by Gasteiger charge is 2.20. The molecule has 0 aromatic rings. The Bertz CT molecular complexity index is 130. The van der Waals surface area contributed by atoms with E-state index < -0.39 is 0 Å². The minimum atomic E-state index is 0.264. The highest BCUT2D eigenvalue weighted by atomic mass is 16.5.